The van der Waals surface area contributed by atoms with Crippen LogP contribution in [-0.2, 0) is 5.41 Å². The fourth-order valence-corrected chi connectivity index (χ4v) is 1.27. The molecule has 0 aliphatic carbocycles. The molecule has 0 fully saturated rings. The van der Waals surface area contributed by atoms with E-state index in [4.69, 9.17) is 10.3 Å². The maximum absolute atomic E-state index is 5.93. The monoisotopic (exact) mass is 196 g/mol. The Morgan fingerprint density at radius 3 is 2.57 bits per heavy atom. The molecular weight excluding hydrogens is 176 g/mol. The van der Waals surface area contributed by atoms with Crippen molar-refractivity contribution in [2.75, 3.05) is 0 Å². The Balaban J connectivity index is 2.78. The molecule has 0 radical (unpaired) electrons. The zero-order chi connectivity index (χ0) is 10.8. The molecule has 0 aliphatic heterocycles. The van der Waals surface area contributed by atoms with E-state index in [1.165, 1.54) is 0 Å². The third-order valence-corrected chi connectivity index (χ3v) is 2.26. The number of aromatic nitrogens is 1. The van der Waals surface area contributed by atoms with Gasteiger partial charge in [-0.05, 0) is 6.42 Å². The Labute approximate surface area is 85.7 Å². The molecule has 80 valence electrons. The Bertz CT molecular complexity index is 286. The van der Waals surface area contributed by atoms with Crippen molar-refractivity contribution in [3.8, 4) is 0 Å². The van der Waals surface area contributed by atoms with Crippen molar-refractivity contribution >= 4 is 0 Å². The van der Waals surface area contributed by atoms with Crippen LogP contribution in [0.1, 0.15) is 58.0 Å². The minimum absolute atomic E-state index is 0.0106. The van der Waals surface area contributed by atoms with Crippen LogP contribution in [0.5, 0.6) is 0 Å². The van der Waals surface area contributed by atoms with Gasteiger partial charge in [-0.3, -0.25) is 0 Å². The van der Waals surface area contributed by atoms with E-state index in [1.807, 2.05) is 6.07 Å². The van der Waals surface area contributed by atoms with Crippen molar-refractivity contribution in [2.24, 2.45) is 5.73 Å². The van der Waals surface area contributed by atoms with Crippen molar-refractivity contribution in [2.45, 2.75) is 52.0 Å². The summed E-state index contributed by atoms with van der Waals surface area (Å²) in [5.41, 5.74) is 6.94. The highest BCUT2D eigenvalue weighted by atomic mass is 16.5. The van der Waals surface area contributed by atoms with Gasteiger partial charge in [0, 0.05) is 11.5 Å². The van der Waals surface area contributed by atoms with E-state index in [2.05, 4.69) is 32.9 Å². The Morgan fingerprint density at radius 2 is 2.14 bits per heavy atom. The molecule has 0 bridgehead atoms. The second-order valence-corrected chi connectivity index (χ2v) is 4.76. The summed E-state index contributed by atoms with van der Waals surface area (Å²) >= 11 is 0. The van der Waals surface area contributed by atoms with Crippen LogP contribution in [0, 0.1) is 0 Å². The predicted molar refractivity (Wildman–Crippen MR) is 57.0 cm³/mol. The molecule has 1 aromatic heterocycles. The first-order valence-electron chi connectivity index (χ1n) is 5.18. The minimum Gasteiger partial charge on any atom is -0.359 e. The predicted octanol–water partition coefficient (Wildman–Crippen LogP) is 2.77. The highest BCUT2D eigenvalue weighted by Crippen LogP contribution is 2.24. The summed E-state index contributed by atoms with van der Waals surface area (Å²) in [5, 5.41) is 4.04. The number of nitrogens with two attached hydrogens (primary N) is 1. The lowest BCUT2D eigenvalue weighted by atomic mass is 9.92. The van der Waals surface area contributed by atoms with Crippen molar-refractivity contribution in [3.05, 3.63) is 17.5 Å². The number of hydrogen-bond acceptors (Lipinski definition) is 3. The summed E-state index contributed by atoms with van der Waals surface area (Å²) in [4.78, 5) is 0. The molecular formula is C11H20N2O. The molecule has 0 spiro atoms. The zero-order valence-electron chi connectivity index (χ0n) is 9.50. The lowest BCUT2D eigenvalue weighted by molar-refractivity contribution is 0.341. The van der Waals surface area contributed by atoms with Gasteiger partial charge in [0.15, 0.2) is 5.76 Å². The first-order valence-corrected chi connectivity index (χ1v) is 5.18. The summed E-state index contributed by atoms with van der Waals surface area (Å²) in [6.07, 6.45) is 2.01. The lowest BCUT2D eigenvalue weighted by Gasteiger charge is -2.12. The molecule has 0 saturated heterocycles. The molecule has 1 aromatic rings. The molecule has 1 unspecified atom stereocenters. The molecule has 2 N–H and O–H groups in total. The second-order valence-electron chi connectivity index (χ2n) is 4.76. The van der Waals surface area contributed by atoms with Crippen LogP contribution in [0.3, 0.4) is 0 Å². The third kappa shape index (κ3) is 2.58. The quantitative estimate of drug-likeness (QED) is 0.808. The molecule has 3 heteroatoms. The van der Waals surface area contributed by atoms with Gasteiger partial charge >= 0.3 is 0 Å². The molecule has 0 aromatic carbocycles. The van der Waals surface area contributed by atoms with Crippen LogP contribution in [0.25, 0.3) is 0 Å². The molecule has 0 saturated carbocycles. The van der Waals surface area contributed by atoms with Crippen LogP contribution < -0.4 is 5.73 Å². The van der Waals surface area contributed by atoms with E-state index in [1.54, 1.807) is 0 Å². The van der Waals surface area contributed by atoms with Gasteiger partial charge in [-0.25, -0.2) is 0 Å². The number of hydrogen-bond donors (Lipinski definition) is 1. The third-order valence-electron chi connectivity index (χ3n) is 2.26. The van der Waals surface area contributed by atoms with E-state index < -0.39 is 0 Å². The number of nitrogens with zero attached hydrogens (tertiary/aromatic N) is 1. The minimum atomic E-state index is -0.0106. The van der Waals surface area contributed by atoms with Crippen molar-refractivity contribution in [3.63, 3.8) is 0 Å². The normalized spacial score (nSPS) is 14.4. The van der Waals surface area contributed by atoms with Gasteiger partial charge in [-0.2, -0.15) is 0 Å². The van der Waals surface area contributed by atoms with E-state index in [0.717, 1.165) is 24.3 Å². The van der Waals surface area contributed by atoms with Crippen LogP contribution in [0.2, 0.25) is 0 Å². The Hall–Kier alpha value is -0.830. The Morgan fingerprint density at radius 1 is 1.50 bits per heavy atom. The van der Waals surface area contributed by atoms with Crippen LogP contribution in [0.4, 0.5) is 0 Å². The summed E-state index contributed by atoms with van der Waals surface area (Å²) < 4.78 is 5.23. The highest BCUT2D eigenvalue weighted by molar-refractivity contribution is 5.15. The van der Waals surface area contributed by atoms with Crippen LogP contribution in [0.15, 0.2) is 10.6 Å². The van der Waals surface area contributed by atoms with Gasteiger partial charge in [0.2, 0.25) is 0 Å². The topological polar surface area (TPSA) is 52.0 Å². The summed E-state index contributed by atoms with van der Waals surface area (Å²) in [6.45, 7) is 8.45. The summed E-state index contributed by atoms with van der Waals surface area (Å²) in [7, 11) is 0. The van der Waals surface area contributed by atoms with E-state index >= 15 is 0 Å². The SMILES string of the molecule is CCCC(N)c1cc(C(C)(C)C)no1. The van der Waals surface area contributed by atoms with Gasteiger partial charge in [-0.15, -0.1) is 0 Å². The van der Waals surface area contributed by atoms with E-state index in [9.17, 15) is 0 Å². The molecule has 14 heavy (non-hydrogen) atoms. The molecule has 3 nitrogen and oxygen atoms in total. The maximum Gasteiger partial charge on any atom is 0.153 e. The van der Waals surface area contributed by atoms with Gasteiger partial charge in [0.05, 0.1) is 11.7 Å². The Kier molecular flexibility index (Phi) is 3.32. The molecule has 1 heterocycles. The van der Waals surface area contributed by atoms with Crippen molar-refractivity contribution in [1.82, 2.24) is 5.16 Å². The van der Waals surface area contributed by atoms with Gasteiger partial charge in [-0.1, -0.05) is 39.3 Å². The largest absolute Gasteiger partial charge is 0.359 e. The van der Waals surface area contributed by atoms with Crippen molar-refractivity contribution in [1.29, 1.82) is 0 Å². The van der Waals surface area contributed by atoms with Gasteiger partial charge < -0.3 is 10.3 Å². The molecule has 0 aliphatic rings. The van der Waals surface area contributed by atoms with Gasteiger partial charge in [0.1, 0.15) is 0 Å². The van der Waals surface area contributed by atoms with Crippen molar-refractivity contribution < 1.29 is 4.52 Å². The highest BCUT2D eigenvalue weighted by Gasteiger charge is 2.20. The first-order chi connectivity index (χ1) is 6.45. The molecule has 0 amide bonds. The maximum atomic E-state index is 5.93. The first kappa shape index (κ1) is 11.2. The summed E-state index contributed by atoms with van der Waals surface area (Å²) in [6, 6.07) is 1.96. The van der Waals surface area contributed by atoms with Crippen LogP contribution >= 0.6 is 0 Å². The average molecular weight is 196 g/mol. The standard InChI is InChI=1S/C11H20N2O/c1-5-6-8(12)9-7-10(13-14-9)11(2,3)4/h7-8H,5-6,12H2,1-4H3. The number of rotatable bonds is 3. The fourth-order valence-electron chi connectivity index (χ4n) is 1.27. The average Bonchev–Trinajstić information content (AvgIpc) is 2.51. The molecule has 1 atom stereocenters. The summed E-state index contributed by atoms with van der Waals surface area (Å²) in [5.74, 6) is 0.803. The van der Waals surface area contributed by atoms with E-state index in [0.29, 0.717) is 0 Å². The zero-order valence-corrected chi connectivity index (χ0v) is 9.50. The second kappa shape index (κ2) is 4.13. The van der Waals surface area contributed by atoms with Gasteiger partial charge in [0.25, 0.3) is 0 Å². The smallest absolute Gasteiger partial charge is 0.153 e. The van der Waals surface area contributed by atoms with Crippen LogP contribution in [-0.4, -0.2) is 5.16 Å². The molecule has 1 rings (SSSR count). The lowest BCUT2D eigenvalue weighted by Crippen LogP contribution is -2.11. The fraction of sp³-hybridized carbons (Fsp3) is 0.727. The van der Waals surface area contributed by atoms with E-state index in [-0.39, 0.29) is 11.5 Å².